The SMILES string of the molecule is C/C(=C\c1ccccc1)CC(=O)NC(C)(C)C. The van der Waals surface area contributed by atoms with E-state index < -0.39 is 0 Å². The van der Waals surface area contributed by atoms with Crippen molar-refractivity contribution in [3.05, 3.63) is 41.5 Å². The lowest BCUT2D eigenvalue weighted by Crippen LogP contribution is -2.40. The molecule has 1 aromatic rings. The first-order valence-corrected chi connectivity index (χ1v) is 5.90. The largest absolute Gasteiger partial charge is 0.351 e. The molecule has 1 N–H and O–H groups in total. The highest BCUT2D eigenvalue weighted by Gasteiger charge is 2.13. The van der Waals surface area contributed by atoms with Gasteiger partial charge in [-0.05, 0) is 33.3 Å². The molecular formula is C15H21NO. The summed E-state index contributed by atoms with van der Waals surface area (Å²) in [7, 11) is 0. The molecule has 0 radical (unpaired) electrons. The number of amides is 1. The van der Waals surface area contributed by atoms with Crippen molar-refractivity contribution in [2.75, 3.05) is 0 Å². The number of carbonyl (C=O) groups excluding carboxylic acids is 1. The highest BCUT2D eigenvalue weighted by atomic mass is 16.1. The maximum Gasteiger partial charge on any atom is 0.224 e. The minimum Gasteiger partial charge on any atom is -0.351 e. The van der Waals surface area contributed by atoms with Gasteiger partial charge < -0.3 is 5.32 Å². The fourth-order valence-electron chi connectivity index (χ4n) is 1.60. The molecule has 1 rings (SSSR count). The van der Waals surface area contributed by atoms with Crippen LogP contribution in [-0.2, 0) is 4.79 Å². The van der Waals surface area contributed by atoms with Crippen LogP contribution in [0.5, 0.6) is 0 Å². The molecule has 1 aromatic carbocycles. The number of nitrogens with one attached hydrogen (secondary N) is 1. The van der Waals surface area contributed by atoms with Crippen LogP contribution in [0.2, 0.25) is 0 Å². The lowest BCUT2D eigenvalue weighted by molar-refractivity contribution is -0.121. The summed E-state index contributed by atoms with van der Waals surface area (Å²) in [6.07, 6.45) is 2.49. The van der Waals surface area contributed by atoms with E-state index in [4.69, 9.17) is 0 Å². The van der Waals surface area contributed by atoms with E-state index in [2.05, 4.69) is 5.32 Å². The van der Waals surface area contributed by atoms with E-state index in [1.165, 1.54) is 0 Å². The van der Waals surface area contributed by atoms with E-state index in [9.17, 15) is 4.79 Å². The quantitative estimate of drug-likeness (QED) is 0.848. The van der Waals surface area contributed by atoms with Crippen molar-refractivity contribution in [1.82, 2.24) is 5.32 Å². The molecule has 0 aromatic heterocycles. The Balaban J connectivity index is 2.58. The Hall–Kier alpha value is -1.57. The van der Waals surface area contributed by atoms with Gasteiger partial charge in [0.1, 0.15) is 0 Å². The number of rotatable bonds is 3. The summed E-state index contributed by atoms with van der Waals surface area (Å²) < 4.78 is 0. The molecule has 0 atom stereocenters. The van der Waals surface area contributed by atoms with Crippen LogP contribution in [0.25, 0.3) is 6.08 Å². The summed E-state index contributed by atoms with van der Waals surface area (Å²) in [5.41, 5.74) is 2.04. The summed E-state index contributed by atoms with van der Waals surface area (Å²) in [6, 6.07) is 10.0. The van der Waals surface area contributed by atoms with Crippen molar-refractivity contribution in [2.45, 2.75) is 39.7 Å². The summed E-state index contributed by atoms with van der Waals surface area (Å²) >= 11 is 0. The van der Waals surface area contributed by atoms with E-state index in [1.807, 2.05) is 64.1 Å². The van der Waals surface area contributed by atoms with Gasteiger partial charge in [0.25, 0.3) is 0 Å². The normalized spacial score (nSPS) is 12.4. The minimum absolute atomic E-state index is 0.0715. The third-order valence-electron chi connectivity index (χ3n) is 2.17. The summed E-state index contributed by atoms with van der Waals surface area (Å²) in [5.74, 6) is 0.0715. The number of hydrogen-bond donors (Lipinski definition) is 1. The van der Waals surface area contributed by atoms with Crippen molar-refractivity contribution in [3.8, 4) is 0 Å². The van der Waals surface area contributed by atoms with E-state index in [-0.39, 0.29) is 11.4 Å². The average molecular weight is 231 g/mol. The zero-order chi connectivity index (χ0) is 12.9. The fourth-order valence-corrected chi connectivity index (χ4v) is 1.60. The highest BCUT2D eigenvalue weighted by molar-refractivity contribution is 5.80. The first-order valence-electron chi connectivity index (χ1n) is 5.90. The van der Waals surface area contributed by atoms with Crippen LogP contribution in [-0.4, -0.2) is 11.4 Å². The summed E-state index contributed by atoms with van der Waals surface area (Å²) in [4.78, 5) is 11.7. The van der Waals surface area contributed by atoms with Gasteiger partial charge in [0, 0.05) is 12.0 Å². The van der Waals surface area contributed by atoms with Gasteiger partial charge in [0.2, 0.25) is 5.91 Å². The molecule has 0 saturated carbocycles. The predicted molar refractivity (Wildman–Crippen MR) is 72.6 cm³/mol. The molecule has 2 heteroatoms. The summed E-state index contributed by atoms with van der Waals surface area (Å²) in [6.45, 7) is 7.94. The molecule has 0 saturated heterocycles. The van der Waals surface area contributed by atoms with Crippen LogP contribution in [0.3, 0.4) is 0 Å². The van der Waals surface area contributed by atoms with Crippen molar-refractivity contribution in [3.63, 3.8) is 0 Å². The second-order valence-corrected chi connectivity index (χ2v) is 5.38. The van der Waals surface area contributed by atoms with Gasteiger partial charge in [-0.15, -0.1) is 0 Å². The smallest absolute Gasteiger partial charge is 0.224 e. The van der Waals surface area contributed by atoms with Crippen LogP contribution in [0.4, 0.5) is 0 Å². The van der Waals surface area contributed by atoms with E-state index in [1.54, 1.807) is 0 Å². The molecule has 0 unspecified atom stereocenters. The van der Waals surface area contributed by atoms with Crippen LogP contribution < -0.4 is 5.32 Å². The van der Waals surface area contributed by atoms with Gasteiger partial charge in [0.15, 0.2) is 0 Å². The maximum absolute atomic E-state index is 11.7. The molecule has 92 valence electrons. The topological polar surface area (TPSA) is 29.1 Å². The molecule has 0 aliphatic carbocycles. The fraction of sp³-hybridized carbons (Fsp3) is 0.400. The first-order chi connectivity index (χ1) is 7.87. The van der Waals surface area contributed by atoms with Gasteiger partial charge >= 0.3 is 0 Å². The molecule has 1 amide bonds. The lowest BCUT2D eigenvalue weighted by atomic mass is 10.1. The third-order valence-corrected chi connectivity index (χ3v) is 2.17. The summed E-state index contributed by atoms with van der Waals surface area (Å²) in [5, 5.41) is 2.96. The van der Waals surface area contributed by atoms with Crippen LogP contribution >= 0.6 is 0 Å². The monoisotopic (exact) mass is 231 g/mol. The van der Waals surface area contributed by atoms with Crippen LogP contribution in [0, 0.1) is 0 Å². The number of carbonyl (C=O) groups is 1. The Kier molecular flexibility index (Phi) is 4.50. The van der Waals surface area contributed by atoms with Crippen molar-refractivity contribution >= 4 is 12.0 Å². The lowest BCUT2D eigenvalue weighted by Gasteiger charge is -2.20. The zero-order valence-corrected chi connectivity index (χ0v) is 11.1. The standard InChI is InChI=1S/C15H21NO/c1-12(10-13-8-6-5-7-9-13)11-14(17)16-15(2,3)4/h5-10H,11H2,1-4H3,(H,16,17)/b12-10+. The van der Waals surface area contributed by atoms with Crippen molar-refractivity contribution in [1.29, 1.82) is 0 Å². The number of hydrogen-bond acceptors (Lipinski definition) is 1. The molecular weight excluding hydrogens is 210 g/mol. The maximum atomic E-state index is 11.7. The zero-order valence-electron chi connectivity index (χ0n) is 11.1. The van der Waals surface area contributed by atoms with Gasteiger partial charge in [-0.25, -0.2) is 0 Å². The second kappa shape index (κ2) is 5.67. The van der Waals surface area contributed by atoms with Crippen LogP contribution in [0.1, 0.15) is 39.7 Å². The second-order valence-electron chi connectivity index (χ2n) is 5.38. The molecule has 0 aliphatic heterocycles. The molecule has 0 spiro atoms. The van der Waals surface area contributed by atoms with Gasteiger partial charge in [0.05, 0.1) is 0 Å². The number of benzene rings is 1. The van der Waals surface area contributed by atoms with E-state index >= 15 is 0 Å². The highest BCUT2D eigenvalue weighted by Crippen LogP contribution is 2.10. The van der Waals surface area contributed by atoms with Crippen LogP contribution in [0.15, 0.2) is 35.9 Å². The Labute approximate surface area is 104 Å². The average Bonchev–Trinajstić information content (AvgIpc) is 2.15. The molecule has 0 bridgehead atoms. The van der Waals surface area contributed by atoms with Crippen molar-refractivity contribution in [2.24, 2.45) is 0 Å². The molecule has 0 fully saturated rings. The van der Waals surface area contributed by atoms with E-state index in [0.717, 1.165) is 11.1 Å². The molecule has 17 heavy (non-hydrogen) atoms. The predicted octanol–water partition coefficient (Wildman–Crippen LogP) is 3.39. The van der Waals surface area contributed by atoms with E-state index in [0.29, 0.717) is 6.42 Å². The Bertz CT molecular complexity index is 399. The van der Waals surface area contributed by atoms with Gasteiger partial charge in [-0.1, -0.05) is 42.0 Å². The Morgan fingerprint density at radius 2 is 1.82 bits per heavy atom. The van der Waals surface area contributed by atoms with Gasteiger partial charge in [-0.2, -0.15) is 0 Å². The Morgan fingerprint density at radius 1 is 1.24 bits per heavy atom. The molecule has 0 heterocycles. The molecule has 0 aliphatic rings. The Morgan fingerprint density at radius 3 is 2.35 bits per heavy atom. The van der Waals surface area contributed by atoms with Gasteiger partial charge in [-0.3, -0.25) is 4.79 Å². The first kappa shape index (κ1) is 13.5. The minimum atomic E-state index is -0.163. The third kappa shape index (κ3) is 5.91. The van der Waals surface area contributed by atoms with Crippen molar-refractivity contribution < 1.29 is 4.79 Å². The molecule has 2 nitrogen and oxygen atoms in total.